The van der Waals surface area contributed by atoms with Crippen LogP contribution in [0.4, 0.5) is 0 Å². The molecule has 0 radical (unpaired) electrons. The van der Waals surface area contributed by atoms with Crippen LogP contribution in [0.15, 0.2) is 30.3 Å². The summed E-state index contributed by atoms with van der Waals surface area (Å²) in [5.74, 6) is -0.859. The van der Waals surface area contributed by atoms with Crippen molar-refractivity contribution >= 4 is 12.0 Å². The highest BCUT2D eigenvalue weighted by Gasteiger charge is 1.96. The van der Waals surface area contributed by atoms with Gasteiger partial charge in [-0.15, -0.1) is 0 Å². The molecule has 0 unspecified atom stereocenters. The van der Waals surface area contributed by atoms with Gasteiger partial charge in [0.15, 0.2) is 0 Å². The molecule has 0 aliphatic heterocycles. The quantitative estimate of drug-likeness (QED) is 0.762. The van der Waals surface area contributed by atoms with Gasteiger partial charge in [0.25, 0.3) is 0 Å². The van der Waals surface area contributed by atoms with Crippen molar-refractivity contribution in [2.45, 2.75) is 13.0 Å². The lowest BCUT2D eigenvalue weighted by Crippen LogP contribution is -1.91. The standard InChI is InChI=1S/C11H12O3/c12-8-10-5-2-1-4-9(10)6-3-7-11(13)14/h1-6,12H,7-8H2,(H,13,14). The number of aliphatic hydroxyl groups is 1. The van der Waals surface area contributed by atoms with Gasteiger partial charge in [-0.05, 0) is 11.1 Å². The van der Waals surface area contributed by atoms with Crippen molar-refractivity contribution < 1.29 is 15.0 Å². The largest absolute Gasteiger partial charge is 0.481 e. The van der Waals surface area contributed by atoms with Gasteiger partial charge in [0, 0.05) is 0 Å². The lowest BCUT2D eigenvalue weighted by atomic mass is 10.1. The lowest BCUT2D eigenvalue weighted by Gasteiger charge is -2.00. The maximum absolute atomic E-state index is 10.2. The summed E-state index contributed by atoms with van der Waals surface area (Å²) in [5.41, 5.74) is 1.66. The minimum atomic E-state index is -0.859. The van der Waals surface area contributed by atoms with Crippen LogP contribution in [0.25, 0.3) is 6.08 Å². The molecule has 1 rings (SSSR count). The van der Waals surface area contributed by atoms with Crippen LogP contribution in [0, 0.1) is 0 Å². The Hall–Kier alpha value is -1.61. The van der Waals surface area contributed by atoms with Crippen molar-refractivity contribution in [2.24, 2.45) is 0 Å². The molecule has 14 heavy (non-hydrogen) atoms. The second-order valence-electron chi connectivity index (χ2n) is 2.86. The number of rotatable bonds is 4. The molecule has 0 heterocycles. The van der Waals surface area contributed by atoms with Gasteiger partial charge in [-0.25, -0.2) is 0 Å². The monoisotopic (exact) mass is 192 g/mol. The fourth-order valence-corrected chi connectivity index (χ4v) is 1.13. The van der Waals surface area contributed by atoms with Crippen molar-refractivity contribution in [1.29, 1.82) is 0 Å². The smallest absolute Gasteiger partial charge is 0.307 e. The first-order chi connectivity index (χ1) is 6.74. The van der Waals surface area contributed by atoms with E-state index in [2.05, 4.69) is 0 Å². The van der Waals surface area contributed by atoms with Gasteiger partial charge in [0.2, 0.25) is 0 Å². The Morgan fingerprint density at radius 2 is 2.07 bits per heavy atom. The SMILES string of the molecule is O=C(O)CC=Cc1ccccc1CO. The van der Waals surface area contributed by atoms with E-state index in [1.165, 1.54) is 0 Å². The summed E-state index contributed by atoms with van der Waals surface area (Å²) < 4.78 is 0. The van der Waals surface area contributed by atoms with E-state index in [0.29, 0.717) is 0 Å². The summed E-state index contributed by atoms with van der Waals surface area (Å²) in [6.45, 7) is -0.0341. The van der Waals surface area contributed by atoms with Crippen LogP contribution in [0.1, 0.15) is 17.5 Å². The van der Waals surface area contributed by atoms with Gasteiger partial charge >= 0.3 is 5.97 Å². The second kappa shape index (κ2) is 5.19. The number of hydrogen-bond acceptors (Lipinski definition) is 2. The molecule has 0 aliphatic carbocycles. The van der Waals surface area contributed by atoms with Gasteiger partial charge in [0.05, 0.1) is 13.0 Å². The van der Waals surface area contributed by atoms with E-state index in [9.17, 15) is 4.79 Å². The summed E-state index contributed by atoms with van der Waals surface area (Å²) >= 11 is 0. The highest BCUT2D eigenvalue weighted by molar-refractivity contribution is 5.70. The van der Waals surface area contributed by atoms with E-state index in [4.69, 9.17) is 10.2 Å². The maximum Gasteiger partial charge on any atom is 0.307 e. The van der Waals surface area contributed by atoms with E-state index in [1.54, 1.807) is 18.2 Å². The van der Waals surface area contributed by atoms with E-state index in [-0.39, 0.29) is 13.0 Å². The van der Waals surface area contributed by atoms with Crippen molar-refractivity contribution in [2.75, 3.05) is 0 Å². The topological polar surface area (TPSA) is 57.5 Å². The van der Waals surface area contributed by atoms with Crippen LogP contribution in [0.5, 0.6) is 0 Å². The fourth-order valence-electron chi connectivity index (χ4n) is 1.13. The average Bonchev–Trinajstić information content (AvgIpc) is 2.18. The van der Waals surface area contributed by atoms with E-state index >= 15 is 0 Å². The summed E-state index contributed by atoms with van der Waals surface area (Å²) in [4.78, 5) is 10.2. The van der Waals surface area contributed by atoms with E-state index in [0.717, 1.165) is 11.1 Å². The first-order valence-electron chi connectivity index (χ1n) is 4.31. The molecule has 0 atom stereocenters. The summed E-state index contributed by atoms with van der Waals surface area (Å²) in [7, 11) is 0. The van der Waals surface area contributed by atoms with Gasteiger partial charge in [-0.1, -0.05) is 36.4 Å². The highest BCUT2D eigenvalue weighted by Crippen LogP contribution is 2.10. The van der Waals surface area contributed by atoms with Crippen LogP contribution in [-0.2, 0) is 11.4 Å². The molecule has 0 amide bonds. The first-order valence-corrected chi connectivity index (χ1v) is 4.31. The fraction of sp³-hybridized carbons (Fsp3) is 0.182. The van der Waals surface area contributed by atoms with Crippen LogP contribution in [0.2, 0.25) is 0 Å². The molecule has 1 aromatic carbocycles. The minimum absolute atomic E-state index is 0.000235. The van der Waals surface area contributed by atoms with Crippen molar-refractivity contribution in [3.05, 3.63) is 41.5 Å². The Morgan fingerprint density at radius 3 is 2.71 bits per heavy atom. The highest BCUT2D eigenvalue weighted by atomic mass is 16.4. The van der Waals surface area contributed by atoms with Gasteiger partial charge in [-0.3, -0.25) is 4.79 Å². The van der Waals surface area contributed by atoms with Crippen LogP contribution in [-0.4, -0.2) is 16.2 Å². The predicted molar refractivity (Wildman–Crippen MR) is 53.7 cm³/mol. The molecule has 3 nitrogen and oxygen atoms in total. The molecule has 1 aromatic rings. The van der Waals surface area contributed by atoms with Gasteiger partial charge < -0.3 is 10.2 Å². The molecular formula is C11H12O3. The Morgan fingerprint density at radius 1 is 1.36 bits per heavy atom. The van der Waals surface area contributed by atoms with Gasteiger partial charge in [0.1, 0.15) is 0 Å². The van der Waals surface area contributed by atoms with E-state index < -0.39 is 5.97 Å². The second-order valence-corrected chi connectivity index (χ2v) is 2.86. The number of carbonyl (C=O) groups is 1. The number of aliphatic carboxylic acids is 1. The Labute approximate surface area is 82.3 Å². The summed E-state index contributed by atoms with van der Waals surface area (Å²) in [5, 5.41) is 17.4. The molecular weight excluding hydrogens is 180 g/mol. The number of hydrogen-bond donors (Lipinski definition) is 2. The molecule has 3 heteroatoms. The zero-order valence-electron chi connectivity index (χ0n) is 7.68. The summed E-state index contributed by atoms with van der Waals surface area (Å²) in [6.07, 6.45) is 3.27. The Balaban J connectivity index is 2.75. The first kappa shape index (κ1) is 10.5. The molecule has 0 fully saturated rings. The normalized spacial score (nSPS) is 10.6. The Kier molecular flexibility index (Phi) is 3.88. The Bertz CT molecular complexity index is 342. The van der Waals surface area contributed by atoms with Crippen LogP contribution in [0.3, 0.4) is 0 Å². The van der Waals surface area contributed by atoms with E-state index in [1.807, 2.05) is 18.2 Å². The average molecular weight is 192 g/mol. The third-order valence-corrected chi connectivity index (χ3v) is 1.82. The molecule has 0 bridgehead atoms. The van der Waals surface area contributed by atoms with Crippen LogP contribution >= 0.6 is 0 Å². The van der Waals surface area contributed by atoms with Crippen molar-refractivity contribution in [1.82, 2.24) is 0 Å². The van der Waals surface area contributed by atoms with Crippen LogP contribution < -0.4 is 0 Å². The van der Waals surface area contributed by atoms with Crippen molar-refractivity contribution in [3.8, 4) is 0 Å². The number of benzene rings is 1. The predicted octanol–water partition coefficient (Wildman–Crippen LogP) is 1.67. The molecule has 2 N–H and O–H groups in total. The molecule has 0 aliphatic rings. The number of carboxylic acids is 1. The molecule has 0 spiro atoms. The molecule has 0 saturated carbocycles. The summed E-state index contributed by atoms with van der Waals surface area (Å²) in [6, 6.07) is 7.32. The molecule has 0 aromatic heterocycles. The maximum atomic E-state index is 10.2. The lowest BCUT2D eigenvalue weighted by molar-refractivity contribution is -0.135. The third kappa shape index (κ3) is 3.03. The van der Waals surface area contributed by atoms with Crippen molar-refractivity contribution in [3.63, 3.8) is 0 Å². The minimum Gasteiger partial charge on any atom is -0.481 e. The number of carboxylic acid groups (broad SMARTS) is 1. The number of aliphatic hydroxyl groups excluding tert-OH is 1. The zero-order chi connectivity index (χ0) is 10.4. The zero-order valence-corrected chi connectivity index (χ0v) is 7.68. The molecule has 0 saturated heterocycles. The third-order valence-electron chi connectivity index (χ3n) is 1.82. The van der Waals surface area contributed by atoms with Gasteiger partial charge in [-0.2, -0.15) is 0 Å². The molecule has 74 valence electrons.